The first kappa shape index (κ1) is 19.3. The van der Waals surface area contributed by atoms with Crippen molar-refractivity contribution in [3.8, 4) is 0 Å². The molecule has 0 aromatic carbocycles. The van der Waals surface area contributed by atoms with E-state index in [1.165, 1.54) is 0 Å². The number of aliphatic carboxylic acids is 1. The van der Waals surface area contributed by atoms with E-state index in [0.717, 1.165) is 0 Å². The zero-order chi connectivity index (χ0) is 19.2. The van der Waals surface area contributed by atoms with Gasteiger partial charge in [-0.2, -0.15) is 0 Å². The lowest BCUT2D eigenvalue weighted by Crippen LogP contribution is -2.61. The molecule has 142 valence electrons. The Bertz CT molecular complexity index is 583. The Kier molecular flexibility index (Phi) is 4.69. The van der Waals surface area contributed by atoms with Gasteiger partial charge in [0, 0.05) is 32.7 Å². The van der Waals surface area contributed by atoms with E-state index < -0.39 is 22.5 Å². The van der Waals surface area contributed by atoms with Gasteiger partial charge < -0.3 is 24.5 Å². The summed E-state index contributed by atoms with van der Waals surface area (Å²) in [6.07, 6.45) is -0.384. The Morgan fingerprint density at radius 3 is 2.28 bits per heavy atom. The molecule has 8 nitrogen and oxygen atoms in total. The highest BCUT2D eigenvalue weighted by Crippen LogP contribution is 2.33. The molecule has 25 heavy (non-hydrogen) atoms. The van der Waals surface area contributed by atoms with Gasteiger partial charge in [0.2, 0.25) is 0 Å². The minimum absolute atomic E-state index is 0.139. The zero-order valence-electron chi connectivity index (χ0n) is 16.0. The summed E-state index contributed by atoms with van der Waals surface area (Å²) in [7, 11) is 0. The summed E-state index contributed by atoms with van der Waals surface area (Å²) in [5, 5.41) is 9.31. The molecular weight excluding hydrogens is 326 g/mol. The molecule has 8 heteroatoms. The van der Waals surface area contributed by atoms with Gasteiger partial charge in [-0.3, -0.25) is 4.79 Å². The summed E-state index contributed by atoms with van der Waals surface area (Å²) < 4.78 is 5.43. The average molecular weight is 355 g/mol. The second-order valence-electron chi connectivity index (χ2n) is 8.88. The standard InChI is InChI=1S/C17H29N3O5/c1-15(2,3)25-14(24)18-7-8-20-13(23)19(11-17(20,6)10-18)9-16(4,5)12(21)22/h7-11H2,1-6H3,(H,21,22). The van der Waals surface area contributed by atoms with Crippen molar-refractivity contribution >= 4 is 18.1 Å². The number of nitrogens with zero attached hydrogens (tertiary/aromatic N) is 3. The first-order valence-electron chi connectivity index (χ1n) is 8.53. The number of carboxylic acids is 1. The van der Waals surface area contributed by atoms with E-state index in [1.54, 1.807) is 28.5 Å². The number of hydrogen-bond donors (Lipinski definition) is 1. The van der Waals surface area contributed by atoms with Gasteiger partial charge in [0.05, 0.1) is 11.0 Å². The number of carbonyl (C=O) groups is 3. The van der Waals surface area contributed by atoms with Gasteiger partial charge in [0.1, 0.15) is 5.60 Å². The molecule has 0 spiro atoms. The van der Waals surface area contributed by atoms with E-state index in [4.69, 9.17) is 4.74 Å². The van der Waals surface area contributed by atoms with Crippen molar-refractivity contribution in [1.82, 2.24) is 14.7 Å². The Morgan fingerprint density at radius 1 is 1.16 bits per heavy atom. The third-order valence-corrected chi connectivity index (χ3v) is 4.63. The SMILES string of the molecule is CC(C)(C)OC(=O)N1CCN2C(=O)N(CC(C)(C)C(=O)O)CC2(C)C1. The molecule has 2 saturated heterocycles. The highest BCUT2D eigenvalue weighted by atomic mass is 16.6. The summed E-state index contributed by atoms with van der Waals surface area (Å²) in [6, 6.07) is -0.166. The van der Waals surface area contributed by atoms with Crippen LogP contribution in [-0.2, 0) is 9.53 Å². The topological polar surface area (TPSA) is 90.4 Å². The van der Waals surface area contributed by atoms with Gasteiger partial charge >= 0.3 is 18.1 Å². The molecule has 2 rings (SSSR count). The minimum atomic E-state index is -1.02. The van der Waals surface area contributed by atoms with Crippen LogP contribution in [0.4, 0.5) is 9.59 Å². The molecule has 0 aliphatic carbocycles. The molecule has 0 saturated carbocycles. The van der Waals surface area contributed by atoms with Crippen LogP contribution >= 0.6 is 0 Å². The normalized spacial score (nSPS) is 24.4. The average Bonchev–Trinajstić information content (AvgIpc) is 2.66. The lowest BCUT2D eigenvalue weighted by molar-refractivity contribution is -0.147. The monoisotopic (exact) mass is 355 g/mol. The Morgan fingerprint density at radius 2 is 1.76 bits per heavy atom. The number of fused-ring (bicyclic) bond motifs is 1. The van der Waals surface area contributed by atoms with E-state index in [-0.39, 0.29) is 18.7 Å². The van der Waals surface area contributed by atoms with Gasteiger partial charge in [0.25, 0.3) is 0 Å². The largest absolute Gasteiger partial charge is 0.481 e. The second-order valence-corrected chi connectivity index (χ2v) is 8.88. The van der Waals surface area contributed by atoms with Crippen molar-refractivity contribution in [2.45, 2.75) is 52.7 Å². The molecule has 3 amide bonds. The maximum absolute atomic E-state index is 12.7. The van der Waals surface area contributed by atoms with Crippen molar-refractivity contribution in [2.75, 3.05) is 32.7 Å². The molecule has 1 atom stereocenters. The van der Waals surface area contributed by atoms with Crippen LogP contribution in [0.1, 0.15) is 41.5 Å². The lowest BCUT2D eigenvalue weighted by Gasteiger charge is -2.43. The molecule has 0 bridgehead atoms. The second kappa shape index (κ2) is 6.07. The van der Waals surface area contributed by atoms with Crippen molar-refractivity contribution < 1.29 is 24.2 Å². The van der Waals surface area contributed by atoms with E-state index >= 15 is 0 Å². The lowest BCUT2D eigenvalue weighted by atomic mass is 9.92. The highest BCUT2D eigenvalue weighted by molar-refractivity contribution is 5.81. The number of rotatable bonds is 3. The van der Waals surface area contributed by atoms with Crippen molar-refractivity contribution in [2.24, 2.45) is 5.41 Å². The van der Waals surface area contributed by atoms with Crippen LogP contribution in [0.25, 0.3) is 0 Å². The van der Waals surface area contributed by atoms with Crippen LogP contribution in [0.15, 0.2) is 0 Å². The number of amides is 3. The van der Waals surface area contributed by atoms with Crippen molar-refractivity contribution in [3.63, 3.8) is 0 Å². The quantitative estimate of drug-likeness (QED) is 0.834. The summed E-state index contributed by atoms with van der Waals surface area (Å²) in [5.74, 6) is -0.939. The summed E-state index contributed by atoms with van der Waals surface area (Å²) in [5.41, 5.74) is -2.13. The van der Waals surface area contributed by atoms with E-state index in [0.29, 0.717) is 26.2 Å². The third-order valence-electron chi connectivity index (χ3n) is 4.63. The summed E-state index contributed by atoms with van der Waals surface area (Å²) in [6.45, 7) is 12.3. The molecule has 0 radical (unpaired) electrons. The van der Waals surface area contributed by atoms with Gasteiger partial charge in [0.15, 0.2) is 0 Å². The van der Waals surface area contributed by atoms with E-state index in [2.05, 4.69) is 0 Å². The number of carbonyl (C=O) groups excluding carboxylic acids is 2. The number of carboxylic acid groups (broad SMARTS) is 1. The maximum Gasteiger partial charge on any atom is 0.410 e. The highest BCUT2D eigenvalue weighted by Gasteiger charge is 2.51. The first-order chi connectivity index (χ1) is 11.3. The van der Waals surface area contributed by atoms with Crippen LogP contribution in [0.3, 0.4) is 0 Å². The smallest absolute Gasteiger partial charge is 0.410 e. The fourth-order valence-corrected chi connectivity index (χ4v) is 3.33. The Hall–Kier alpha value is -1.99. The van der Waals surface area contributed by atoms with Gasteiger partial charge in [-0.25, -0.2) is 9.59 Å². The molecule has 2 aliphatic rings. The van der Waals surface area contributed by atoms with Crippen LogP contribution in [0.5, 0.6) is 0 Å². The van der Waals surface area contributed by atoms with Gasteiger partial charge in [-0.05, 0) is 41.5 Å². The molecule has 1 N–H and O–H groups in total. The van der Waals surface area contributed by atoms with Crippen molar-refractivity contribution in [3.05, 3.63) is 0 Å². The summed E-state index contributed by atoms with van der Waals surface area (Å²) in [4.78, 5) is 41.3. The fourth-order valence-electron chi connectivity index (χ4n) is 3.33. The van der Waals surface area contributed by atoms with E-state index in [1.807, 2.05) is 27.7 Å². The molecule has 1 unspecified atom stereocenters. The van der Waals surface area contributed by atoms with Crippen molar-refractivity contribution in [1.29, 1.82) is 0 Å². The first-order valence-corrected chi connectivity index (χ1v) is 8.53. The number of ether oxygens (including phenoxy) is 1. The number of urea groups is 1. The van der Waals surface area contributed by atoms with Gasteiger partial charge in [-0.1, -0.05) is 0 Å². The Balaban J connectivity index is 2.10. The molecule has 0 aromatic rings. The minimum Gasteiger partial charge on any atom is -0.481 e. The third kappa shape index (κ3) is 3.99. The van der Waals surface area contributed by atoms with Crippen LogP contribution in [0.2, 0.25) is 0 Å². The molecule has 2 fully saturated rings. The maximum atomic E-state index is 12.7. The molecule has 2 heterocycles. The van der Waals surface area contributed by atoms with Crippen LogP contribution in [0, 0.1) is 5.41 Å². The number of piperazine rings is 1. The van der Waals surface area contributed by atoms with Crippen LogP contribution in [-0.4, -0.2) is 81.8 Å². The predicted molar refractivity (Wildman–Crippen MR) is 91.3 cm³/mol. The number of hydrogen-bond acceptors (Lipinski definition) is 4. The molecular formula is C17H29N3O5. The molecule has 0 aromatic heterocycles. The van der Waals surface area contributed by atoms with Gasteiger partial charge in [-0.15, -0.1) is 0 Å². The van der Waals surface area contributed by atoms with E-state index in [9.17, 15) is 19.5 Å². The Labute approximate surface area is 148 Å². The molecule has 2 aliphatic heterocycles. The van der Waals surface area contributed by atoms with Crippen LogP contribution < -0.4 is 0 Å². The predicted octanol–water partition coefficient (Wildman–Crippen LogP) is 1.84. The zero-order valence-corrected chi connectivity index (χ0v) is 16.0. The fraction of sp³-hybridized carbons (Fsp3) is 0.824. The summed E-state index contributed by atoms with van der Waals surface area (Å²) >= 11 is 0.